The van der Waals surface area contributed by atoms with Crippen LogP contribution in [0.2, 0.25) is 0 Å². The number of amides is 1. The van der Waals surface area contributed by atoms with Crippen molar-refractivity contribution in [3.05, 3.63) is 59.7 Å². The fraction of sp³-hybridized carbons (Fsp3) is 0.222. The van der Waals surface area contributed by atoms with Gasteiger partial charge in [0.15, 0.2) is 11.6 Å². The fourth-order valence-electron chi connectivity index (χ4n) is 2.64. The molecule has 5 nitrogen and oxygen atoms in total. The van der Waals surface area contributed by atoms with Crippen LogP contribution in [0.25, 0.3) is 0 Å². The molecule has 25 heavy (non-hydrogen) atoms. The highest BCUT2D eigenvalue weighted by atomic mass is 19.2. The maximum atomic E-state index is 13.1. The van der Waals surface area contributed by atoms with Gasteiger partial charge < -0.3 is 14.7 Å². The highest BCUT2D eigenvalue weighted by molar-refractivity contribution is 5.99. The quantitative estimate of drug-likeness (QED) is 0.903. The van der Waals surface area contributed by atoms with Crippen molar-refractivity contribution < 1.29 is 28.2 Å². The van der Waals surface area contributed by atoms with Crippen LogP contribution in [0.5, 0.6) is 5.75 Å². The molecule has 1 aliphatic heterocycles. The maximum absolute atomic E-state index is 13.1. The monoisotopic (exact) mass is 347 g/mol. The zero-order chi connectivity index (χ0) is 18.0. The predicted molar refractivity (Wildman–Crippen MR) is 85.2 cm³/mol. The summed E-state index contributed by atoms with van der Waals surface area (Å²) in [6.45, 7) is 0.212. The molecule has 1 amide bonds. The van der Waals surface area contributed by atoms with E-state index in [1.54, 1.807) is 24.3 Å². The molecule has 0 radical (unpaired) electrons. The number of rotatable bonds is 5. The van der Waals surface area contributed by atoms with Crippen LogP contribution in [0, 0.1) is 17.6 Å². The second kappa shape index (κ2) is 6.88. The molecule has 1 N–H and O–H groups in total. The van der Waals surface area contributed by atoms with Gasteiger partial charge in [-0.25, -0.2) is 8.78 Å². The number of carbonyl (C=O) groups is 2. The first kappa shape index (κ1) is 16.9. The molecular formula is C18H15F2NO4. The van der Waals surface area contributed by atoms with E-state index in [1.807, 2.05) is 0 Å². The number of aliphatic carboxylic acids is 1. The van der Waals surface area contributed by atoms with Crippen molar-refractivity contribution in [1.29, 1.82) is 0 Å². The lowest BCUT2D eigenvalue weighted by molar-refractivity contribution is -0.141. The topological polar surface area (TPSA) is 66.8 Å². The van der Waals surface area contributed by atoms with Crippen molar-refractivity contribution in [3.8, 4) is 5.75 Å². The molecule has 0 bridgehead atoms. The molecule has 0 spiro atoms. The number of hydrogen-bond donors (Lipinski definition) is 1. The zero-order valence-electron chi connectivity index (χ0n) is 13.1. The Morgan fingerprint density at radius 2 is 1.88 bits per heavy atom. The van der Waals surface area contributed by atoms with Crippen molar-refractivity contribution >= 4 is 17.6 Å². The maximum Gasteiger partial charge on any atom is 0.308 e. The van der Waals surface area contributed by atoms with Crippen LogP contribution in [0.3, 0.4) is 0 Å². The SMILES string of the molecule is O=C(O)C1CC(=O)N(c2ccc(OCc3ccc(F)c(F)c3)cc2)C1. The molecule has 2 aromatic rings. The predicted octanol–water partition coefficient (Wildman–Crippen LogP) is 2.98. The molecular weight excluding hydrogens is 332 g/mol. The molecule has 1 atom stereocenters. The Morgan fingerprint density at radius 3 is 2.48 bits per heavy atom. The molecule has 130 valence electrons. The number of ether oxygens (including phenoxy) is 1. The van der Waals surface area contributed by atoms with E-state index in [2.05, 4.69) is 0 Å². The average Bonchev–Trinajstić information content (AvgIpc) is 2.99. The van der Waals surface area contributed by atoms with Crippen LogP contribution in [0.15, 0.2) is 42.5 Å². The van der Waals surface area contributed by atoms with E-state index in [0.29, 0.717) is 17.0 Å². The van der Waals surface area contributed by atoms with Crippen molar-refractivity contribution in [2.75, 3.05) is 11.4 Å². The minimum absolute atomic E-state index is 0.0102. The molecule has 1 unspecified atom stereocenters. The third-order valence-corrected chi connectivity index (χ3v) is 4.01. The lowest BCUT2D eigenvalue weighted by Gasteiger charge is -2.16. The van der Waals surface area contributed by atoms with Crippen LogP contribution >= 0.6 is 0 Å². The Kier molecular flexibility index (Phi) is 4.65. The Bertz CT molecular complexity index is 807. The summed E-state index contributed by atoms with van der Waals surface area (Å²) < 4.78 is 31.5. The van der Waals surface area contributed by atoms with Gasteiger partial charge >= 0.3 is 5.97 Å². The number of benzene rings is 2. The van der Waals surface area contributed by atoms with Crippen molar-refractivity contribution in [3.63, 3.8) is 0 Å². The average molecular weight is 347 g/mol. The van der Waals surface area contributed by atoms with Crippen molar-refractivity contribution in [1.82, 2.24) is 0 Å². The Balaban J connectivity index is 1.63. The highest BCUT2D eigenvalue weighted by Crippen LogP contribution is 2.27. The van der Waals surface area contributed by atoms with E-state index in [4.69, 9.17) is 9.84 Å². The smallest absolute Gasteiger partial charge is 0.308 e. The second-order valence-corrected chi connectivity index (χ2v) is 5.77. The van der Waals surface area contributed by atoms with Crippen molar-refractivity contribution in [2.24, 2.45) is 5.92 Å². The van der Waals surface area contributed by atoms with Gasteiger partial charge in [0.05, 0.1) is 5.92 Å². The van der Waals surface area contributed by atoms with E-state index in [1.165, 1.54) is 11.0 Å². The largest absolute Gasteiger partial charge is 0.489 e. The number of hydrogen-bond acceptors (Lipinski definition) is 3. The van der Waals surface area contributed by atoms with Gasteiger partial charge in [-0.15, -0.1) is 0 Å². The zero-order valence-corrected chi connectivity index (χ0v) is 13.1. The highest BCUT2D eigenvalue weighted by Gasteiger charge is 2.34. The third-order valence-electron chi connectivity index (χ3n) is 4.01. The fourth-order valence-corrected chi connectivity index (χ4v) is 2.64. The molecule has 0 aliphatic carbocycles. The molecule has 3 rings (SSSR count). The van der Waals surface area contributed by atoms with E-state index in [-0.39, 0.29) is 25.5 Å². The minimum Gasteiger partial charge on any atom is -0.489 e. The summed E-state index contributed by atoms with van der Waals surface area (Å²) in [6.07, 6.45) is -0.0102. The number of carboxylic acids is 1. The molecule has 7 heteroatoms. The van der Waals surface area contributed by atoms with E-state index in [0.717, 1.165) is 12.1 Å². The van der Waals surface area contributed by atoms with Crippen LogP contribution in [0.1, 0.15) is 12.0 Å². The van der Waals surface area contributed by atoms with Crippen LogP contribution in [-0.2, 0) is 16.2 Å². The molecule has 1 saturated heterocycles. The molecule has 0 saturated carbocycles. The van der Waals surface area contributed by atoms with Crippen molar-refractivity contribution in [2.45, 2.75) is 13.0 Å². The van der Waals surface area contributed by atoms with Gasteiger partial charge in [0, 0.05) is 18.7 Å². The summed E-state index contributed by atoms with van der Waals surface area (Å²) in [5.74, 6) is -3.27. The lowest BCUT2D eigenvalue weighted by Crippen LogP contribution is -2.25. The number of carbonyl (C=O) groups excluding carboxylic acids is 1. The summed E-state index contributed by atoms with van der Waals surface area (Å²) in [4.78, 5) is 24.3. The number of halogens is 2. The van der Waals surface area contributed by atoms with Crippen LogP contribution in [0.4, 0.5) is 14.5 Å². The molecule has 2 aromatic carbocycles. The summed E-state index contributed by atoms with van der Waals surface area (Å²) in [5, 5.41) is 9.01. The molecule has 1 heterocycles. The first-order valence-corrected chi connectivity index (χ1v) is 7.64. The van der Waals surface area contributed by atoms with Crippen LogP contribution < -0.4 is 9.64 Å². The van der Waals surface area contributed by atoms with E-state index in [9.17, 15) is 18.4 Å². The summed E-state index contributed by atoms with van der Waals surface area (Å²) in [7, 11) is 0. The van der Waals surface area contributed by atoms with Crippen LogP contribution in [-0.4, -0.2) is 23.5 Å². The third kappa shape index (κ3) is 3.76. The number of nitrogens with zero attached hydrogens (tertiary/aromatic N) is 1. The van der Waals surface area contributed by atoms with Gasteiger partial charge in [-0.05, 0) is 42.0 Å². The first-order chi connectivity index (χ1) is 11.9. The normalized spacial score (nSPS) is 17.0. The Morgan fingerprint density at radius 1 is 1.16 bits per heavy atom. The summed E-state index contributed by atoms with van der Waals surface area (Å²) in [6, 6.07) is 10.1. The van der Waals surface area contributed by atoms with Gasteiger partial charge in [0.1, 0.15) is 12.4 Å². The van der Waals surface area contributed by atoms with Gasteiger partial charge in [-0.1, -0.05) is 6.07 Å². The first-order valence-electron chi connectivity index (χ1n) is 7.64. The minimum atomic E-state index is -0.984. The van der Waals surface area contributed by atoms with Gasteiger partial charge in [0.2, 0.25) is 5.91 Å². The Labute approximate surface area is 142 Å². The van der Waals surface area contributed by atoms with E-state index >= 15 is 0 Å². The van der Waals surface area contributed by atoms with E-state index < -0.39 is 23.5 Å². The standard InChI is InChI=1S/C18H15F2NO4/c19-15-6-1-11(7-16(15)20)10-25-14-4-2-13(3-5-14)21-9-12(18(23)24)8-17(21)22/h1-7,12H,8-10H2,(H,23,24). The Hall–Kier alpha value is -2.96. The second-order valence-electron chi connectivity index (χ2n) is 5.77. The summed E-state index contributed by atoms with van der Waals surface area (Å²) in [5.41, 5.74) is 1.08. The molecule has 0 aromatic heterocycles. The summed E-state index contributed by atoms with van der Waals surface area (Å²) >= 11 is 0. The van der Waals surface area contributed by atoms with Gasteiger partial charge in [0.25, 0.3) is 0 Å². The number of anilines is 1. The van der Waals surface area contributed by atoms with Gasteiger partial charge in [-0.2, -0.15) is 0 Å². The van der Waals surface area contributed by atoms with Gasteiger partial charge in [-0.3, -0.25) is 9.59 Å². The molecule has 1 fully saturated rings. The number of carboxylic acid groups (broad SMARTS) is 1. The molecule has 1 aliphatic rings. The lowest BCUT2D eigenvalue weighted by atomic mass is 10.1.